The first-order chi connectivity index (χ1) is 11.2. The van der Waals surface area contributed by atoms with Crippen molar-refractivity contribution in [3.05, 3.63) is 35.6 Å². The maximum Gasteiger partial charge on any atom is 0.308 e. The largest absolute Gasteiger partial charge is 0.469 e. The fourth-order valence-electron chi connectivity index (χ4n) is 2.84. The van der Waals surface area contributed by atoms with E-state index in [-0.39, 0.29) is 17.7 Å². The number of likely N-dealkylation sites (tertiary alicyclic amines) is 1. The normalized spacial score (nSPS) is 16.3. The summed E-state index contributed by atoms with van der Waals surface area (Å²) in [6, 6.07) is 6.80. The summed E-state index contributed by atoms with van der Waals surface area (Å²) in [5.74, 6) is 0.466. The lowest BCUT2D eigenvalue weighted by atomic mass is 9.97. The second-order valence-corrected chi connectivity index (χ2v) is 5.60. The van der Waals surface area contributed by atoms with Crippen molar-refractivity contribution in [2.45, 2.75) is 19.3 Å². The number of benzene rings is 1. The third kappa shape index (κ3) is 4.68. The number of nitrogens with zero attached hydrogens (tertiary/aromatic N) is 2. The maximum atomic E-state index is 13.6. The van der Waals surface area contributed by atoms with Crippen LogP contribution in [0.2, 0.25) is 0 Å². The summed E-state index contributed by atoms with van der Waals surface area (Å²) >= 11 is 0. The highest BCUT2D eigenvalue weighted by atomic mass is 19.1. The Labute approximate surface area is 136 Å². The first kappa shape index (κ1) is 17.2. The minimum atomic E-state index is -0.178. The lowest BCUT2D eigenvalue weighted by Gasteiger charge is -2.33. The van der Waals surface area contributed by atoms with Gasteiger partial charge >= 0.3 is 5.97 Å². The number of ether oxygens (including phenoxy) is 1. The van der Waals surface area contributed by atoms with Gasteiger partial charge in [0.1, 0.15) is 5.82 Å². The van der Waals surface area contributed by atoms with E-state index in [9.17, 15) is 9.18 Å². The van der Waals surface area contributed by atoms with Crippen LogP contribution < -0.4 is 5.32 Å². The van der Waals surface area contributed by atoms with E-state index in [1.54, 1.807) is 19.2 Å². The summed E-state index contributed by atoms with van der Waals surface area (Å²) in [4.78, 5) is 18.0. The first-order valence-corrected chi connectivity index (χ1v) is 7.92. The number of aliphatic imine (C=N–C) groups is 1. The lowest BCUT2D eigenvalue weighted by molar-refractivity contribution is -0.146. The van der Waals surface area contributed by atoms with Gasteiger partial charge in [0.05, 0.1) is 13.0 Å². The van der Waals surface area contributed by atoms with Gasteiger partial charge in [-0.15, -0.1) is 0 Å². The third-order valence-corrected chi connectivity index (χ3v) is 4.18. The molecule has 1 aliphatic heterocycles. The van der Waals surface area contributed by atoms with Crippen LogP contribution in [-0.4, -0.2) is 50.6 Å². The molecule has 1 aromatic carbocycles. The molecular weight excluding hydrogens is 297 g/mol. The van der Waals surface area contributed by atoms with Crippen molar-refractivity contribution in [2.75, 3.05) is 33.8 Å². The van der Waals surface area contributed by atoms with E-state index >= 15 is 0 Å². The monoisotopic (exact) mass is 321 g/mol. The van der Waals surface area contributed by atoms with Gasteiger partial charge in [0.2, 0.25) is 0 Å². The van der Waals surface area contributed by atoms with Crippen molar-refractivity contribution in [1.82, 2.24) is 10.2 Å². The number of rotatable bonds is 4. The summed E-state index contributed by atoms with van der Waals surface area (Å²) in [5.41, 5.74) is 0.694. The van der Waals surface area contributed by atoms with Gasteiger partial charge in [0, 0.05) is 26.7 Å². The third-order valence-electron chi connectivity index (χ3n) is 4.18. The zero-order valence-electron chi connectivity index (χ0n) is 13.7. The van der Waals surface area contributed by atoms with E-state index in [4.69, 9.17) is 4.74 Å². The standard InChI is InChI=1S/C17H24FN3O2/c1-19-17(20-10-7-13-5-3-4-6-15(13)18)21-11-8-14(9-12-21)16(22)23-2/h3-6,14H,7-12H2,1-2H3,(H,19,20). The molecule has 23 heavy (non-hydrogen) atoms. The molecule has 0 atom stereocenters. The zero-order valence-corrected chi connectivity index (χ0v) is 13.7. The number of hydrogen-bond donors (Lipinski definition) is 1. The summed E-state index contributed by atoms with van der Waals surface area (Å²) in [6.45, 7) is 2.14. The number of nitrogens with one attached hydrogen (secondary N) is 1. The van der Waals surface area contributed by atoms with Gasteiger partial charge in [-0.3, -0.25) is 9.79 Å². The lowest BCUT2D eigenvalue weighted by Crippen LogP contribution is -2.47. The van der Waals surface area contributed by atoms with E-state index in [0.717, 1.165) is 31.9 Å². The topological polar surface area (TPSA) is 53.9 Å². The number of guanidine groups is 1. The van der Waals surface area contributed by atoms with E-state index in [2.05, 4.69) is 15.2 Å². The SMILES string of the molecule is CN=C(NCCc1ccccc1F)N1CCC(C(=O)OC)CC1. The van der Waals surface area contributed by atoms with Gasteiger partial charge in [-0.2, -0.15) is 0 Å². The predicted molar refractivity (Wildman–Crippen MR) is 87.8 cm³/mol. The summed E-state index contributed by atoms with van der Waals surface area (Å²) in [5, 5.41) is 3.27. The number of methoxy groups -OCH3 is 1. The van der Waals surface area contributed by atoms with Crippen LogP contribution in [-0.2, 0) is 16.0 Å². The first-order valence-electron chi connectivity index (χ1n) is 7.92. The van der Waals surface area contributed by atoms with Gasteiger partial charge in [0.15, 0.2) is 5.96 Å². The minimum Gasteiger partial charge on any atom is -0.469 e. The minimum absolute atomic E-state index is 0.0206. The Hall–Kier alpha value is -2.11. The Kier molecular flexibility index (Phi) is 6.38. The number of esters is 1. The van der Waals surface area contributed by atoms with E-state index < -0.39 is 0 Å². The highest BCUT2D eigenvalue weighted by Gasteiger charge is 2.26. The molecule has 1 heterocycles. The van der Waals surface area contributed by atoms with Crippen molar-refractivity contribution in [3.63, 3.8) is 0 Å². The molecule has 0 radical (unpaired) electrons. The average Bonchev–Trinajstić information content (AvgIpc) is 2.60. The molecule has 6 heteroatoms. The van der Waals surface area contributed by atoms with E-state index in [0.29, 0.717) is 18.5 Å². The van der Waals surface area contributed by atoms with Crippen LogP contribution in [0, 0.1) is 11.7 Å². The second-order valence-electron chi connectivity index (χ2n) is 5.60. The molecule has 0 aliphatic carbocycles. The number of halogens is 1. The molecule has 5 nitrogen and oxygen atoms in total. The van der Waals surface area contributed by atoms with Gasteiger partial charge in [-0.25, -0.2) is 4.39 Å². The van der Waals surface area contributed by atoms with Gasteiger partial charge in [-0.1, -0.05) is 18.2 Å². The maximum absolute atomic E-state index is 13.6. The Morgan fingerprint density at radius 3 is 2.70 bits per heavy atom. The Morgan fingerprint density at radius 2 is 2.09 bits per heavy atom. The summed E-state index contributed by atoms with van der Waals surface area (Å²) < 4.78 is 18.4. The van der Waals surface area contributed by atoms with E-state index in [1.165, 1.54) is 13.2 Å². The quantitative estimate of drug-likeness (QED) is 0.522. The van der Waals surface area contributed by atoms with E-state index in [1.807, 2.05) is 6.07 Å². The van der Waals surface area contributed by atoms with Crippen molar-refractivity contribution >= 4 is 11.9 Å². The van der Waals surface area contributed by atoms with Crippen LogP contribution in [0.3, 0.4) is 0 Å². The van der Waals surface area contributed by atoms with Crippen molar-refractivity contribution in [3.8, 4) is 0 Å². The van der Waals surface area contributed by atoms with Crippen LogP contribution in [0.1, 0.15) is 18.4 Å². The molecule has 0 bridgehead atoms. The van der Waals surface area contributed by atoms with Crippen LogP contribution >= 0.6 is 0 Å². The van der Waals surface area contributed by atoms with Crippen LogP contribution in [0.4, 0.5) is 4.39 Å². The van der Waals surface area contributed by atoms with Crippen molar-refractivity contribution in [1.29, 1.82) is 0 Å². The number of carbonyl (C=O) groups excluding carboxylic acids is 1. The molecule has 1 fully saturated rings. The Morgan fingerprint density at radius 1 is 1.39 bits per heavy atom. The molecule has 2 rings (SSSR count). The van der Waals surface area contributed by atoms with Gasteiger partial charge in [-0.05, 0) is 30.9 Å². The molecule has 0 unspecified atom stereocenters. The van der Waals surface area contributed by atoms with Crippen LogP contribution in [0.5, 0.6) is 0 Å². The van der Waals surface area contributed by atoms with Crippen molar-refractivity contribution < 1.29 is 13.9 Å². The molecule has 1 N–H and O–H groups in total. The molecule has 0 saturated carbocycles. The van der Waals surface area contributed by atoms with Crippen LogP contribution in [0.25, 0.3) is 0 Å². The molecule has 0 spiro atoms. The highest BCUT2D eigenvalue weighted by Crippen LogP contribution is 2.18. The molecule has 1 aromatic rings. The fraction of sp³-hybridized carbons (Fsp3) is 0.529. The fourth-order valence-corrected chi connectivity index (χ4v) is 2.84. The Balaban J connectivity index is 1.80. The number of hydrogen-bond acceptors (Lipinski definition) is 3. The van der Waals surface area contributed by atoms with Gasteiger partial charge in [0.25, 0.3) is 0 Å². The van der Waals surface area contributed by atoms with Crippen LogP contribution in [0.15, 0.2) is 29.3 Å². The zero-order chi connectivity index (χ0) is 16.7. The second kappa shape index (κ2) is 8.50. The van der Waals surface area contributed by atoms with Crippen molar-refractivity contribution in [2.24, 2.45) is 10.9 Å². The molecule has 126 valence electrons. The summed E-state index contributed by atoms with van der Waals surface area (Å²) in [7, 11) is 3.16. The Bertz CT molecular complexity index is 555. The molecule has 1 aliphatic rings. The summed E-state index contributed by atoms with van der Waals surface area (Å²) in [6.07, 6.45) is 2.13. The smallest absolute Gasteiger partial charge is 0.308 e. The number of carbonyl (C=O) groups is 1. The molecule has 0 aromatic heterocycles. The highest BCUT2D eigenvalue weighted by molar-refractivity contribution is 5.80. The van der Waals surface area contributed by atoms with Gasteiger partial charge < -0.3 is 15.0 Å². The predicted octanol–water partition coefficient (Wildman–Crippen LogP) is 1.83. The molecule has 1 saturated heterocycles. The molecule has 0 amide bonds. The molecular formula is C17H24FN3O2. The average molecular weight is 321 g/mol. The number of piperidine rings is 1.